The number of ether oxygens (including phenoxy) is 1. The summed E-state index contributed by atoms with van der Waals surface area (Å²) in [4.78, 5) is 31.9. The van der Waals surface area contributed by atoms with E-state index < -0.39 is 0 Å². The molecule has 134 valence electrons. The molecule has 26 heavy (non-hydrogen) atoms. The average molecular weight is 353 g/mol. The lowest BCUT2D eigenvalue weighted by atomic mass is 10.1. The molecule has 0 N–H and O–H groups in total. The molecule has 0 atom stereocenters. The van der Waals surface area contributed by atoms with Crippen molar-refractivity contribution < 1.29 is 13.9 Å². The minimum absolute atomic E-state index is 0.110. The zero-order valence-electron chi connectivity index (χ0n) is 14.5. The Labute approximate surface area is 149 Å². The van der Waals surface area contributed by atoms with E-state index in [4.69, 9.17) is 9.15 Å². The summed E-state index contributed by atoms with van der Waals surface area (Å²) >= 11 is 0. The summed E-state index contributed by atoms with van der Waals surface area (Å²) in [6.07, 6.45) is 3.27. The second-order valence-corrected chi connectivity index (χ2v) is 6.29. The molecule has 7 nitrogen and oxygen atoms in total. The number of carbonyl (C=O) groups excluding carboxylic acids is 1. The molecular formula is C19H19N3O4. The van der Waals surface area contributed by atoms with Crippen molar-refractivity contribution in [3.05, 3.63) is 64.1 Å². The van der Waals surface area contributed by atoms with Gasteiger partial charge in [0, 0.05) is 19.3 Å². The van der Waals surface area contributed by atoms with Gasteiger partial charge in [0.2, 0.25) is 0 Å². The number of rotatable bonds is 3. The Kier molecular flexibility index (Phi) is 4.30. The van der Waals surface area contributed by atoms with E-state index in [1.807, 2.05) is 6.07 Å². The van der Waals surface area contributed by atoms with Crippen molar-refractivity contribution in [2.45, 2.75) is 13.5 Å². The first-order chi connectivity index (χ1) is 12.6. The molecule has 1 aliphatic rings. The molecule has 3 aromatic heterocycles. The van der Waals surface area contributed by atoms with Gasteiger partial charge in [-0.1, -0.05) is 0 Å². The van der Waals surface area contributed by atoms with Crippen LogP contribution in [0.25, 0.3) is 10.9 Å². The minimum Gasteiger partial charge on any atom is -0.467 e. The molecule has 0 aliphatic carbocycles. The maximum atomic E-state index is 12.9. The zero-order valence-corrected chi connectivity index (χ0v) is 14.5. The highest BCUT2D eigenvalue weighted by Gasteiger charge is 2.21. The van der Waals surface area contributed by atoms with Crippen LogP contribution < -0.4 is 5.56 Å². The standard InChI is InChI=1S/C19H19N3O4/c1-13-15(18(23)21-6-9-25-10-7-21)11-16-17(20-13)4-5-22(19(16)24)12-14-3-2-8-26-14/h2-5,8,11H,6-7,9-10,12H2,1H3. The summed E-state index contributed by atoms with van der Waals surface area (Å²) in [5, 5.41) is 0.432. The maximum Gasteiger partial charge on any atom is 0.260 e. The van der Waals surface area contributed by atoms with E-state index in [1.54, 1.807) is 47.0 Å². The zero-order chi connectivity index (χ0) is 18.1. The van der Waals surface area contributed by atoms with Crippen molar-refractivity contribution in [2.24, 2.45) is 0 Å². The highest BCUT2D eigenvalue weighted by atomic mass is 16.5. The van der Waals surface area contributed by atoms with E-state index in [9.17, 15) is 9.59 Å². The van der Waals surface area contributed by atoms with E-state index in [1.165, 1.54) is 0 Å². The number of hydrogen-bond donors (Lipinski definition) is 0. The van der Waals surface area contributed by atoms with Crippen LogP contribution in [0.1, 0.15) is 21.8 Å². The molecule has 1 aliphatic heterocycles. The molecule has 7 heteroatoms. The number of furan rings is 1. The van der Waals surface area contributed by atoms with Crippen molar-refractivity contribution in [3.63, 3.8) is 0 Å². The normalized spacial score (nSPS) is 14.7. The quantitative estimate of drug-likeness (QED) is 0.718. The summed E-state index contributed by atoms with van der Waals surface area (Å²) in [5.74, 6) is 0.581. The summed E-state index contributed by atoms with van der Waals surface area (Å²) in [7, 11) is 0. The predicted octanol–water partition coefficient (Wildman–Crippen LogP) is 1.82. The number of nitrogens with zero attached hydrogens (tertiary/aromatic N) is 3. The van der Waals surface area contributed by atoms with Crippen LogP contribution in [0.3, 0.4) is 0 Å². The minimum atomic E-state index is -0.192. The number of aromatic nitrogens is 2. The van der Waals surface area contributed by atoms with Gasteiger partial charge in [0.15, 0.2) is 0 Å². The number of carbonyl (C=O) groups is 1. The highest BCUT2D eigenvalue weighted by Crippen LogP contribution is 2.17. The van der Waals surface area contributed by atoms with Gasteiger partial charge in [-0.25, -0.2) is 0 Å². The molecule has 0 aromatic carbocycles. The molecule has 0 bridgehead atoms. The van der Waals surface area contributed by atoms with Crippen LogP contribution >= 0.6 is 0 Å². The first-order valence-electron chi connectivity index (χ1n) is 8.53. The Balaban J connectivity index is 1.75. The predicted molar refractivity (Wildman–Crippen MR) is 95.3 cm³/mol. The molecule has 0 spiro atoms. The van der Waals surface area contributed by atoms with Crippen LogP contribution in [-0.2, 0) is 11.3 Å². The molecule has 0 radical (unpaired) electrons. The molecule has 1 amide bonds. The summed E-state index contributed by atoms with van der Waals surface area (Å²) in [5.41, 5.74) is 1.48. The van der Waals surface area contributed by atoms with Gasteiger partial charge in [-0.05, 0) is 31.2 Å². The third-order valence-electron chi connectivity index (χ3n) is 4.58. The molecule has 1 saturated heterocycles. The lowest BCUT2D eigenvalue weighted by Gasteiger charge is -2.27. The second-order valence-electron chi connectivity index (χ2n) is 6.29. The molecule has 4 heterocycles. The fraction of sp³-hybridized carbons (Fsp3) is 0.316. The number of amides is 1. The van der Waals surface area contributed by atoms with Gasteiger partial charge in [-0.15, -0.1) is 0 Å². The Morgan fingerprint density at radius 2 is 2.08 bits per heavy atom. The van der Waals surface area contributed by atoms with E-state index >= 15 is 0 Å². The first kappa shape index (κ1) is 16.5. The van der Waals surface area contributed by atoms with Crippen LogP contribution in [0.4, 0.5) is 0 Å². The number of morpholine rings is 1. The third-order valence-corrected chi connectivity index (χ3v) is 4.58. The third kappa shape index (κ3) is 3.01. The average Bonchev–Trinajstić information content (AvgIpc) is 3.17. The Morgan fingerprint density at radius 3 is 2.81 bits per heavy atom. The topological polar surface area (TPSA) is 77.6 Å². The van der Waals surface area contributed by atoms with Gasteiger partial charge in [0.05, 0.1) is 48.2 Å². The van der Waals surface area contributed by atoms with Crippen LogP contribution in [0, 0.1) is 6.92 Å². The van der Waals surface area contributed by atoms with Crippen LogP contribution in [0.2, 0.25) is 0 Å². The van der Waals surface area contributed by atoms with Gasteiger partial charge in [-0.2, -0.15) is 0 Å². The lowest BCUT2D eigenvalue weighted by Crippen LogP contribution is -2.41. The van der Waals surface area contributed by atoms with E-state index in [0.717, 1.165) is 0 Å². The molecule has 0 saturated carbocycles. The molecular weight excluding hydrogens is 334 g/mol. The Bertz CT molecular complexity index is 1000. The first-order valence-corrected chi connectivity index (χ1v) is 8.53. The van der Waals surface area contributed by atoms with Crippen molar-refractivity contribution in [1.82, 2.24) is 14.5 Å². The summed E-state index contributed by atoms with van der Waals surface area (Å²) < 4.78 is 12.2. The monoisotopic (exact) mass is 353 g/mol. The van der Waals surface area contributed by atoms with Crippen LogP contribution in [-0.4, -0.2) is 46.7 Å². The largest absolute Gasteiger partial charge is 0.467 e. The lowest BCUT2D eigenvalue weighted by molar-refractivity contribution is 0.0302. The van der Waals surface area contributed by atoms with Gasteiger partial charge in [0.1, 0.15) is 5.76 Å². The molecule has 0 unspecified atom stereocenters. The fourth-order valence-corrected chi connectivity index (χ4v) is 3.15. The highest BCUT2D eigenvalue weighted by molar-refractivity contribution is 5.98. The number of pyridine rings is 2. The van der Waals surface area contributed by atoms with Crippen molar-refractivity contribution in [3.8, 4) is 0 Å². The van der Waals surface area contributed by atoms with E-state index in [2.05, 4.69) is 4.98 Å². The SMILES string of the molecule is Cc1nc2ccn(Cc3ccco3)c(=O)c2cc1C(=O)N1CCOCC1. The van der Waals surface area contributed by atoms with E-state index in [-0.39, 0.29) is 11.5 Å². The Morgan fingerprint density at radius 1 is 1.27 bits per heavy atom. The van der Waals surface area contributed by atoms with Gasteiger partial charge >= 0.3 is 0 Å². The smallest absolute Gasteiger partial charge is 0.260 e. The van der Waals surface area contributed by atoms with Crippen LogP contribution in [0.5, 0.6) is 0 Å². The summed E-state index contributed by atoms with van der Waals surface area (Å²) in [6, 6.07) is 7.05. The Hall–Kier alpha value is -2.93. The molecule has 3 aromatic rings. The van der Waals surface area contributed by atoms with E-state index in [0.29, 0.717) is 60.8 Å². The van der Waals surface area contributed by atoms with Gasteiger partial charge in [-0.3, -0.25) is 14.6 Å². The van der Waals surface area contributed by atoms with Crippen LogP contribution in [0.15, 0.2) is 45.9 Å². The maximum absolute atomic E-state index is 12.9. The van der Waals surface area contributed by atoms with Crippen molar-refractivity contribution in [2.75, 3.05) is 26.3 Å². The summed E-state index contributed by atoms with van der Waals surface area (Å²) in [6.45, 7) is 4.29. The number of fused-ring (bicyclic) bond motifs is 1. The van der Waals surface area contributed by atoms with Crippen molar-refractivity contribution >= 4 is 16.8 Å². The molecule has 1 fully saturated rings. The van der Waals surface area contributed by atoms with Crippen molar-refractivity contribution in [1.29, 1.82) is 0 Å². The number of aryl methyl sites for hydroxylation is 1. The fourth-order valence-electron chi connectivity index (χ4n) is 3.15. The second kappa shape index (κ2) is 6.76. The van der Waals surface area contributed by atoms with Gasteiger partial charge < -0.3 is 18.6 Å². The number of hydrogen-bond acceptors (Lipinski definition) is 5. The van der Waals surface area contributed by atoms with Gasteiger partial charge in [0.25, 0.3) is 11.5 Å². The molecule has 4 rings (SSSR count).